The van der Waals surface area contributed by atoms with Gasteiger partial charge in [0.2, 0.25) is 0 Å². The maximum atomic E-state index is 12.5. The molecule has 8 heteroatoms. The fourth-order valence-corrected chi connectivity index (χ4v) is 3.01. The summed E-state index contributed by atoms with van der Waals surface area (Å²) >= 11 is 0. The Morgan fingerprint density at radius 1 is 1.25 bits per heavy atom. The molecule has 0 spiro atoms. The number of aromatic amines is 1. The van der Waals surface area contributed by atoms with Crippen LogP contribution < -0.4 is 10.2 Å². The average Bonchev–Trinajstić information content (AvgIpc) is 3.10. The third-order valence-corrected chi connectivity index (χ3v) is 4.21. The summed E-state index contributed by atoms with van der Waals surface area (Å²) in [5.74, 6) is 0.756. The third kappa shape index (κ3) is 2.90. The zero-order chi connectivity index (χ0) is 16.4. The van der Waals surface area contributed by atoms with Gasteiger partial charge in [-0.05, 0) is 31.0 Å². The van der Waals surface area contributed by atoms with Crippen LogP contribution in [0, 0.1) is 0 Å². The first-order chi connectivity index (χ1) is 11.8. The molecule has 1 aromatic carbocycles. The molecule has 8 nitrogen and oxygen atoms in total. The van der Waals surface area contributed by atoms with Gasteiger partial charge in [0, 0.05) is 37.1 Å². The number of amides is 1. The van der Waals surface area contributed by atoms with Crippen molar-refractivity contribution >= 4 is 22.8 Å². The first kappa shape index (κ1) is 14.6. The van der Waals surface area contributed by atoms with Crippen LogP contribution in [0.3, 0.4) is 0 Å². The number of aromatic nitrogens is 5. The van der Waals surface area contributed by atoms with E-state index in [-0.39, 0.29) is 11.9 Å². The van der Waals surface area contributed by atoms with Crippen LogP contribution in [-0.2, 0) is 0 Å². The highest BCUT2D eigenvalue weighted by Crippen LogP contribution is 2.17. The number of nitrogens with zero attached hydrogens (tertiary/aromatic N) is 5. The lowest BCUT2D eigenvalue weighted by Gasteiger charge is -2.33. The summed E-state index contributed by atoms with van der Waals surface area (Å²) in [4.78, 5) is 23.1. The van der Waals surface area contributed by atoms with E-state index >= 15 is 0 Å². The van der Waals surface area contributed by atoms with Crippen LogP contribution in [0.2, 0.25) is 0 Å². The second-order valence-electron chi connectivity index (χ2n) is 5.85. The molecule has 0 bridgehead atoms. The van der Waals surface area contributed by atoms with E-state index in [9.17, 15) is 4.79 Å². The van der Waals surface area contributed by atoms with Crippen molar-refractivity contribution in [3.05, 3.63) is 42.4 Å². The van der Waals surface area contributed by atoms with Gasteiger partial charge in [-0.2, -0.15) is 15.4 Å². The van der Waals surface area contributed by atoms with E-state index in [1.54, 1.807) is 36.8 Å². The summed E-state index contributed by atoms with van der Waals surface area (Å²) in [6.07, 6.45) is 7.05. The standard InChI is InChI=1S/C16H17N7O/c24-16(11-3-4-13-14(8-11)21-22-20-13)19-12-2-1-7-23(10-12)15-9-17-5-6-18-15/h3-6,8-9,12H,1-2,7,10H2,(H,19,24)(H,20,21,22). The fourth-order valence-electron chi connectivity index (χ4n) is 3.01. The van der Waals surface area contributed by atoms with E-state index in [2.05, 4.69) is 35.6 Å². The molecule has 1 amide bonds. The lowest BCUT2D eigenvalue weighted by atomic mass is 10.0. The second kappa shape index (κ2) is 6.23. The minimum absolute atomic E-state index is 0.0845. The normalized spacial score (nSPS) is 17.8. The molecule has 1 fully saturated rings. The zero-order valence-electron chi connectivity index (χ0n) is 13.0. The van der Waals surface area contributed by atoms with Crippen LogP contribution in [-0.4, -0.2) is 50.4 Å². The van der Waals surface area contributed by atoms with Crippen LogP contribution in [0.25, 0.3) is 11.0 Å². The Labute approximate surface area is 138 Å². The number of fused-ring (bicyclic) bond motifs is 1. The Bertz CT molecular complexity index is 848. The molecule has 1 aliphatic rings. The molecule has 3 aromatic rings. The van der Waals surface area contributed by atoms with E-state index in [1.807, 2.05) is 0 Å². The van der Waals surface area contributed by atoms with Crippen LogP contribution in [0.4, 0.5) is 5.82 Å². The Hall–Kier alpha value is -3.03. The van der Waals surface area contributed by atoms with Gasteiger partial charge in [0.15, 0.2) is 0 Å². The molecular weight excluding hydrogens is 306 g/mol. The summed E-state index contributed by atoms with van der Waals surface area (Å²) in [6, 6.07) is 5.39. The van der Waals surface area contributed by atoms with E-state index in [0.29, 0.717) is 11.1 Å². The molecule has 0 radical (unpaired) electrons. The number of hydrogen-bond acceptors (Lipinski definition) is 6. The van der Waals surface area contributed by atoms with Crippen LogP contribution >= 0.6 is 0 Å². The number of carbonyl (C=O) groups is 1. The molecule has 2 N–H and O–H groups in total. The number of anilines is 1. The molecule has 24 heavy (non-hydrogen) atoms. The molecule has 1 aliphatic heterocycles. The number of carbonyl (C=O) groups excluding carboxylic acids is 1. The quantitative estimate of drug-likeness (QED) is 0.750. The number of benzene rings is 1. The predicted molar refractivity (Wildman–Crippen MR) is 88.6 cm³/mol. The number of rotatable bonds is 3. The Morgan fingerprint density at radius 2 is 2.17 bits per heavy atom. The van der Waals surface area contributed by atoms with Gasteiger partial charge in [0.25, 0.3) is 5.91 Å². The van der Waals surface area contributed by atoms with Gasteiger partial charge < -0.3 is 10.2 Å². The highest BCUT2D eigenvalue weighted by Gasteiger charge is 2.23. The summed E-state index contributed by atoms with van der Waals surface area (Å²) < 4.78 is 0. The minimum Gasteiger partial charge on any atom is -0.353 e. The fraction of sp³-hybridized carbons (Fsp3) is 0.312. The predicted octanol–water partition coefficient (Wildman–Crippen LogP) is 1.15. The molecule has 0 saturated carbocycles. The summed E-state index contributed by atoms with van der Waals surface area (Å²) in [5.41, 5.74) is 2.03. The van der Waals surface area contributed by atoms with Crippen molar-refractivity contribution in [1.29, 1.82) is 0 Å². The average molecular weight is 323 g/mol. The molecule has 0 aliphatic carbocycles. The third-order valence-electron chi connectivity index (χ3n) is 4.21. The monoisotopic (exact) mass is 323 g/mol. The van der Waals surface area contributed by atoms with Crippen molar-refractivity contribution in [2.75, 3.05) is 18.0 Å². The lowest BCUT2D eigenvalue weighted by molar-refractivity contribution is 0.0933. The number of hydrogen-bond donors (Lipinski definition) is 2. The first-order valence-electron chi connectivity index (χ1n) is 7.92. The van der Waals surface area contributed by atoms with Crippen molar-refractivity contribution in [2.45, 2.75) is 18.9 Å². The molecule has 1 unspecified atom stereocenters. The van der Waals surface area contributed by atoms with Crippen LogP contribution in [0.15, 0.2) is 36.8 Å². The SMILES string of the molecule is O=C(NC1CCCN(c2cnccn2)C1)c1ccc2n[nH]nc2c1. The highest BCUT2D eigenvalue weighted by atomic mass is 16.1. The van der Waals surface area contributed by atoms with Gasteiger partial charge in [0.1, 0.15) is 16.9 Å². The van der Waals surface area contributed by atoms with Crippen molar-refractivity contribution in [2.24, 2.45) is 0 Å². The van der Waals surface area contributed by atoms with Crippen molar-refractivity contribution < 1.29 is 4.79 Å². The second-order valence-corrected chi connectivity index (χ2v) is 5.85. The van der Waals surface area contributed by atoms with Gasteiger partial charge in [-0.3, -0.25) is 9.78 Å². The molecule has 122 valence electrons. The first-order valence-corrected chi connectivity index (χ1v) is 7.92. The largest absolute Gasteiger partial charge is 0.353 e. The number of piperidine rings is 1. The number of H-pyrrole nitrogens is 1. The van der Waals surface area contributed by atoms with Crippen LogP contribution in [0.1, 0.15) is 23.2 Å². The lowest BCUT2D eigenvalue weighted by Crippen LogP contribution is -2.48. The molecule has 1 atom stereocenters. The molecular formula is C16H17N7O. The maximum absolute atomic E-state index is 12.5. The van der Waals surface area contributed by atoms with Gasteiger partial charge in [-0.1, -0.05) is 0 Å². The van der Waals surface area contributed by atoms with Crippen molar-refractivity contribution in [3.63, 3.8) is 0 Å². The van der Waals surface area contributed by atoms with Crippen LogP contribution in [0.5, 0.6) is 0 Å². The minimum atomic E-state index is -0.0918. The van der Waals surface area contributed by atoms with Crippen molar-refractivity contribution in [3.8, 4) is 0 Å². The summed E-state index contributed by atoms with van der Waals surface area (Å²) in [7, 11) is 0. The topological polar surface area (TPSA) is 99.7 Å². The maximum Gasteiger partial charge on any atom is 0.251 e. The van der Waals surface area contributed by atoms with Gasteiger partial charge >= 0.3 is 0 Å². The molecule has 3 heterocycles. The summed E-state index contributed by atoms with van der Waals surface area (Å²) in [6.45, 7) is 1.66. The summed E-state index contributed by atoms with van der Waals surface area (Å²) in [5, 5.41) is 13.7. The van der Waals surface area contributed by atoms with E-state index < -0.39 is 0 Å². The molecule has 1 saturated heterocycles. The van der Waals surface area contributed by atoms with E-state index in [4.69, 9.17) is 0 Å². The van der Waals surface area contributed by atoms with E-state index in [0.717, 1.165) is 37.3 Å². The zero-order valence-corrected chi connectivity index (χ0v) is 13.0. The van der Waals surface area contributed by atoms with Crippen molar-refractivity contribution in [1.82, 2.24) is 30.7 Å². The Balaban J connectivity index is 1.45. The molecule has 2 aromatic heterocycles. The number of nitrogens with one attached hydrogen (secondary N) is 2. The van der Waals surface area contributed by atoms with Gasteiger partial charge in [0.05, 0.1) is 6.20 Å². The van der Waals surface area contributed by atoms with Gasteiger partial charge in [-0.15, -0.1) is 0 Å². The van der Waals surface area contributed by atoms with Gasteiger partial charge in [-0.25, -0.2) is 4.98 Å². The molecule has 4 rings (SSSR count). The smallest absolute Gasteiger partial charge is 0.251 e. The van der Waals surface area contributed by atoms with E-state index in [1.165, 1.54) is 0 Å². The Kier molecular flexibility index (Phi) is 3.78. The highest BCUT2D eigenvalue weighted by molar-refractivity contribution is 5.97. The Morgan fingerprint density at radius 3 is 3.04 bits per heavy atom.